The molecule has 3 aromatic carbocycles. The van der Waals surface area contributed by atoms with Crippen LogP contribution in [0.25, 0.3) is 0 Å². The van der Waals surface area contributed by atoms with Crippen molar-refractivity contribution in [3.63, 3.8) is 0 Å². The number of amides is 1. The zero-order valence-corrected chi connectivity index (χ0v) is 26.4. The Labute approximate surface area is 268 Å². The molecule has 6 rings (SSSR count). The number of esters is 1. The van der Waals surface area contributed by atoms with E-state index in [9.17, 15) is 9.59 Å². The van der Waals surface area contributed by atoms with E-state index >= 15 is 0 Å². The Morgan fingerprint density at radius 2 is 1.64 bits per heavy atom. The summed E-state index contributed by atoms with van der Waals surface area (Å²) >= 11 is 1.52. The smallest absolute Gasteiger partial charge is 0.309 e. The molecule has 9 heteroatoms. The minimum absolute atomic E-state index is 0.0738. The van der Waals surface area contributed by atoms with Gasteiger partial charge < -0.3 is 19.1 Å². The first-order chi connectivity index (χ1) is 22.1. The summed E-state index contributed by atoms with van der Waals surface area (Å²) in [5, 5.41) is 2.77. The molecule has 1 saturated heterocycles. The zero-order valence-electron chi connectivity index (χ0n) is 25.6. The van der Waals surface area contributed by atoms with Crippen LogP contribution >= 0.6 is 11.3 Å². The fourth-order valence-electron chi connectivity index (χ4n) is 6.13. The predicted molar refractivity (Wildman–Crippen MR) is 173 cm³/mol. The van der Waals surface area contributed by atoms with Crippen LogP contribution in [0.3, 0.4) is 0 Å². The third-order valence-corrected chi connectivity index (χ3v) is 9.35. The quantitative estimate of drug-likeness (QED) is 0.166. The van der Waals surface area contributed by atoms with E-state index in [0.717, 1.165) is 35.0 Å². The minimum Gasteiger partial charge on any atom is -0.466 e. The molecule has 4 aromatic rings. The van der Waals surface area contributed by atoms with Gasteiger partial charge in [0.1, 0.15) is 10.7 Å². The van der Waals surface area contributed by atoms with Gasteiger partial charge >= 0.3 is 5.97 Å². The summed E-state index contributed by atoms with van der Waals surface area (Å²) in [6.45, 7) is 5.66. The summed E-state index contributed by atoms with van der Waals surface area (Å²) in [7, 11) is 0. The van der Waals surface area contributed by atoms with Crippen LogP contribution < -0.4 is 9.47 Å². The van der Waals surface area contributed by atoms with Gasteiger partial charge in [-0.15, -0.1) is 11.3 Å². The van der Waals surface area contributed by atoms with E-state index in [1.165, 1.54) is 22.5 Å². The zero-order chi connectivity index (χ0) is 31.0. The Bertz CT molecular complexity index is 1530. The van der Waals surface area contributed by atoms with E-state index in [4.69, 9.17) is 19.2 Å². The highest BCUT2D eigenvalue weighted by Gasteiger charge is 2.29. The lowest BCUT2D eigenvalue weighted by molar-refractivity contribution is -0.149. The van der Waals surface area contributed by atoms with E-state index in [-0.39, 0.29) is 30.5 Å². The lowest BCUT2D eigenvalue weighted by atomic mass is 9.88. The van der Waals surface area contributed by atoms with Gasteiger partial charge in [-0.2, -0.15) is 0 Å². The maximum absolute atomic E-state index is 13.3. The molecule has 0 aliphatic carbocycles. The van der Waals surface area contributed by atoms with Crippen LogP contribution in [0.5, 0.6) is 11.5 Å². The average Bonchev–Trinajstić information content (AvgIpc) is 3.75. The standard InChI is InChI=1S/C36H39N3O5S/c1-2-42-36(41)29-15-19-39(20-16-29)35(40)31-24-45-34(37-31)23-38(22-26-13-14-32-33(21-26)44-25-43-32)18-17-30(27-9-5-3-6-10-27)28-11-7-4-8-12-28/h3-14,21,24,29-30H,2,15-20,22-23,25H2,1H3. The van der Waals surface area contributed by atoms with Crippen molar-refractivity contribution in [3.8, 4) is 11.5 Å². The number of carbonyl (C=O) groups excluding carboxylic acids is 2. The molecule has 0 bridgehead atoms. The molecule has 0 atom stereocenters. The first-order valence-corrected chi connectivity index (χ1v) is 16.6. The van der Waals surface area contributed by atoms with Crippen molar-refractivity contribution < 1.29 is 23.8 Å². The highest BCUT2D eigenvalue weighted by molar-refractivity contribution is 7.09. The molecule has 1 amide bonds. The van der Waals surface area contributed by atoms with Gasteiger partial charge in [0.25, 0.3) is 5.91 Å². The van der Waals surface area contributed by atoms with Crippen LogP contribution in [-0.2, 0) is 22.6 Å². The van der Waals surface area contributed by atoms with Crippen LogP contribution in [-0.4, -0.2) is 59.7 Å². The number of thiazole rings is 1. The van der Waals surface area contributed by atoms with E-state index < -0.39 is 0 Å². The van der Waals surface area contributed by atoms with Gasteiger partial charge in [-0.1, -0.05) is 66.7 Å². The third kappa shape index (κ3) is 7.72. The third-order valence-electron chi connectivity index (χ3n) is 8.51. The Morgan fingerprint density at radius 1 is 0.956 bits per heavy atom. The van der Waals surface area contributed by atoms with Gasteiger partial charge in [-0.05, 0) is 61.6 Å². The maximum atomic E-state index is 13.3. The first kappa shape index (κ1) is 30.8. The summed E-state index contributed by atoms with van der Waals surface area (Å²) < 4.78 is 16.4. The second kappa shape index (κ2) is 14.7. The highest BCUT2D eigenvalue weighted by atomic mass is 32.1. The molecule has 8 nitrogen and oxygen atoms in total. The molecule has 0 unspecified atom stereocenters. The van der Waals surface area contributed by atoms with Gasteiger partial charge in [0, 0.05) is 30.9 Å². The number of ether oxygens (including phenoxy) is 3. The lowest BCUT2D eigenvalue weighted by Crippen LogP contribution is -2.40. The maximum Gasteiger partial charge on any atom is 0.309 e. The second-order valence-corrected chi connectivity index (χ2v) is 12.4. The van der Waals surface area contributed by atoms with E-state index in [2.05, 4.69) is 77.7 Å². The van der Waals surface area contributed by atoms with Crippen molar-refractivity contribution in [1.82, 2.24) is 14.8 Å². The van der Waals surface area contributed by atoms with Crippen LogP contribution in [0.4, 0.5) is 0 Å². The number of nitrogens with zero attached hydrogens (tertiary/aromatic N) is 3. The molecule has 45 heavy (non-hydrogen) atoms. The molecule has 1 aromatic heterocycles. The Hall–Kier alpha value is -4.21. The summed E-state index contributed by atoms with van der Waals surface area (Å²) in [5.74, 6) is 1.42. The summed E-state index contributed by atoms with van der Waals surface area (Å²) in [6, 6.07) is 27.4. The molecule has 0 N–H and O–H groups in total. The highest BCUT2D eigenvalue weighted by Crippen LogP contribution is 2.34. The lowest BCUT2D eigenvalue weighted by Gasteiger charge is -2.30. The topological polar surface area (TPSA) is 81.2 Å². The summed E-state index contributed by atoms with van der Waals surface area (Å²) in [4.78, 5) is 34.5. The monoisotopic (exact) mass is 625 g/mol. The minimum atomic E-state index is -0.162. The predicted octanol–water partition coefficient (Wildman–Crippen LogP) is 6.51. The van der Waals surface area contributed by atoms with Gasteiger partial charge in [0.2, 0.25) is 6.79 Å². The molecule has 3 heterocycles. The molecule has 234 valence electrons. The van der Waals surface area contributed by atoms with E-state index in [1.807, 2.05) is 23.3 Å². The number of fused-ring (bicyclic) bond motifs is 1. The van der Waals surface area contributed by atoms with Crippen molar-refractivity contribution in [2.75, 3.05) is 33.0 Å². The molecule has 0 saturated carbocycles. The van der Waals surface area contributed by atoms with Crippen molar-refractivity contribution in [2.45, 2.75) is 45.2 Å². The first-order valence-electron chi connectivity index (χ1n) is 15.7. The Kier molecular flexibility index (Phi) is 10.1. The molecule has 0 spiro atoms. The van der Waals surface area contributed by atoms with Crippen molar-refractivity contribution in [1.29, 1.82) is 0 Å². The molecular weight excluding hydrogens is 586 g/mol. The molecule has 1 fully saturated rings. The van der Waals surface area contributed by atoms with Crippen LogP contribution in [0, 0.1) is 5.92 Å². The number of likely N-dealkylation sites (tertiary alicyclic amines) is 1. The Morgan fingerprint density at radius 3 is 2.33 bits per heavy atom. The van der Waals surface area contributed by atoms with Crippen LogP contribution in [0.15, 0.2) is 84.2 Å². The second-order valence-electron chi connectivity index (χ2n) is 11.5. The summed E-state index contributed by atoms with van der Waals surface area (Å²) in [5.41, 5.74) is 4.19. The number of aromatic nitrogens is 1. The largest absolute Gasteiger partial charge is 0.466 e. The summed E-state index contributed by atoms with van der Waals surface area (Å²) in [6.07, 6.45) is 2.16. The Balaban J connectivity index is 1.16. The average molecular weight is 626 g/mol. The fraction of sp³-hybridized carbons (Fsp3) is 0.361. The van der Waals surface area contributed by atoms with Gasteiger partial charge in [-0.3, -0.25) is 14.5 Å². The molecule has 0 radical (unpaired) electrons. The number of piperidine rings is 1. The van der Waals surface area contributed by atoms with Crippen LogP contribution in [0.2, 0.25) is 0 Å². The van der Waals surface area contributed by atoms with E-state index in [1.54, 1.807) is 0 Å². The number of hydrogen-bond donors (Lipinski definition) is 0. The number of benzene rings is 3. The normalized spacial score (nSPS) is 14.7. The van der Waals surface area contributed by atoms with Gasteiger partial charge in [-0.25, -0.2) is 4.98 Å². The van der Waals surface area contributed by atoms with Gasteiger partial charge in [0.15, 0.2) is 11.5 Å². The van der Waals surface area contributed by atoms with Crippen molar-refractivity contribution in [2.24, 2.45) is 5.92 Å². The molecule has 2 aliphatic heterocycles. The van der Waals surface area contributed by atoms with Crippen LogP contribution in [0.1, 0.15) is 64.3 Å². The van der Waals surface area contributed by atoms with Crippen molar-refractivity contribution in [3.05, 3.63) is 112 Å². The number of hydrogen-bond acceptors (Lipinski definition) is 8. The fourth-order valence-corrected chi connectivity index (χ4v) is 6.94. The number of carbonyl (C=O) groups is 2. The molecular formula is C36H39N3O5S. The molecule has 2 aliphatic rings. The van der Waals surface area contributed by atoms with Crippen molar-refractivity contribution >= 4 is 23.2 Å². The number of rotatable bonds is 12. The van der Waals surface area contributed by atoms with Gasteiger partial charge in [0.05, 0.1) is 19.1 Å². The SMILES string of the molecule is CCOC(=O)C1CCN(C(=O)c2csc(CN(CCC(c3ccccc3)c3ccccc3)Cc3ccc4c(c3)OCO4)n2)CC1. The van der Waals surface area contributed by atoms with E-state index in [0.29, 0.717) is 51.3 Å².